The van der Waals surface area contributed by atoms with Crippen molar-refractivity contribution in [3.63, 3.8) is 0 Å². The Bertz CT molecular complexity index is 612. The molecule has 2 aliphatic heterocycles. The van der Waals surface area contributed by atoms with Crippen LogP contribution in [0.4, 0.5) is 0 Å². The maximum Gasteiger partial charge on any atom is 0.249 e. The molecular formula is C19H24N2O3. The summed E-state index contributed by atoms with van der Waals surface area (Å²) < 4.78 is 5.74. The van der Waals surface area contributed by atoms with Gasteiger partial charge in [0, 0.05) is 25.6 Å². The van der Waals surface area contributed by atoms with E-state index in [2.05, 4.69) is 0 Å². The molecule has 5 nitrogen and oxygen atoms in total. The fourth-order valence-electron chi connectivity index (χ4n) is 4.26. The van der Waals surface area contributed by atoms with Crippen molar-refractivity contribution in [1.29, 1.82) is 0 Å². The number of hydrogen-bond donors (Lipinski definition) is 0. The molecule has 1 saturated carbocycles. The SMILES string of the molecule is O=C(C1CCCC1)N1C[C@@H]2[C@@H](C1)OCC(=O)N2Cc1ccccc1. The second-order valence-electron chi connectivity index (χ2n) is 7.15. The zero-order valence-corrected chi connectivity index (χ0v) is 13.9. The quantitative estimate of drug-likeness (QED) is 0.850. The lowest BCUT2D eigenvalue weighted by Gasteiger charge is -2.36. The lowest BCUT2D eigenvalue weighted by Crippen LogP contribution is -2.53. The maximum atomic E-state index is 12.7. The number of carbonyl (C=O) groups is 2. The highest BCUT2D eigenvalue weighted by Gasteiger charge is 2.45. The molecule has 24 heavy (non-hydrogen) atoms. The molecule has 0 radical (unpaired) electrons. The number of ether oxygens (including phenoxy) is 1. The molecule has 2 amide bonds. The molecule has 128 valence electrons. The number of carbonyl (C=O) groups excluding carboxylic acids is 2. The van der Waals surface area contributed by atoms with Gasteiger partial charge in [0.15, 0.2) is 0 Å². The van der Waals surface area contributed by atoms with Crippen molar-refractivity contribution in [2.45, 2.75) is 44.4 Å². The van der Waals surface area contributed by atoms with Crippen LogP contribution in [0, 0.1) is 5.92 Å². The molecule has 1 aliphatic carbocycles. The van der Waals surface area contributed by atoms with E-state index < -0.39 is 0 Å². The molecule has 0 spiro atoms. The minimum absolute atomic E-state index is 0.0168. The Kier molecular flexibility index (Phi) is 4.27. The molecule has 2 heterocycles. The summed E-state index contributed by atoms with van der Waals surface area (Å²) in [6.45, 7) is 1.95. The monoisotopic (exact) mass is 328 g/mol. The van der Waals surface area contributed by atoms with Crippen LogP contribution in [0.25, 0.3) is 0 Å². The molecule has 1 aromatic rings. The number of benzene rings is 1. The summed E-state index contributed by atoms with van der Waals surface area (Å²) in [5, 5.41) is 0. The van der Waals surface area contributed by atoms with Crippen LogP contribution >= 0.6 is 0 Å². The molecule has 0 unspecified atom stereocenters. The van der Waals surface area contributed by atoms with E-state index in [-0.39, 0.29) is 36.5 Å². The minimum Gasteiger partial charge on any atom is -0.364 e. The lowest BCUT2D eigenvalue weighted by atomic mass is 10.1. The Balaban J connectivity index is 1.47. The number of fused-ring (bicyclic) bond motifs is 1. The van der Waals surface area contributed by atoms with Crippen LogP contribution in [0.5, 0.6) is 0 Å². The van der Waals surface area contributed by atoms with Crippen LogP contribution in [0.3, 0.4) is 0 Å². The van der Waals surface area contributed by atoms with Crippen LogP contribution in [-0.2, 0) is 20.9 Å². The largest absolute Gasteiger partial charge is 0.364 e. The number of nitrogens with zero attached hydrogens (tertiary/aromatic N) is 2. The third-order valence-corrected chi connectivity index (χ3v) is 5.59. The number of amides is 2. The Labute approximate surface area is 142 Å². The van der Waals surface area contributed by atoms with E-state index in [0.29, 0.717) is 19.6 Å². The molecule has 3 fully saturated rings. The van der Waals surface area contributed by atoms with Gasteiger partial charge in [0.25, 0.3) is 0 Å². The molecule has 0 N–H and O–H groups in total. The standard InChI is InChI=1S/C19H24N2O3/c22-18-13-24-17-12-20(19(23)15-8-4-5-9-15)11-16(17)21(18)10-14-6-2-1-3-7-14/h1-3,6-7,15-17H,4-5,8-13H2/t16-,17-/m1/s1. The molecule has 3 aliphatic rings. The van der Waals surface area contributed by atoms with E-state index in [0.717, 1.165) is 31.2 Å². The zero-order chi connectivity index (χ0) is 16.5. The second kappa shape index (κ2) is 6.55. The first-order chi connectivity index (χ1) is 11.7. The Morgan fingerprint density at radius 2 is 1.88 bits per heavy atom. The van der Waals surface area contributed by atoms with Gasteiger partial charge in [-0.3, -0.25) is 9.59 Å². The average molecular weight is 328 g/mol. The van der Waals surface area contributed by atoms with E-state index in [4.69, 9.17) is 4.74 Å². The van der Waals surface area contributed by atoms with Crippen LogP contribution < -0.4 is 0 Å². The van der Waals surface area contributed by atoms with E-state index in [1.165, 1.54) is 0 Å². The van der Waals surface area contributed by atoms with Gasteiger partial charge in [-0.25, -0.2) is 0 Å². The normalized spacial score (nSPS) is 27.6. The minimum atomic E-state index is -0.0447. The molecule has 2 atom stereocenters. The summed E-state index contributed by atoms with van der Waals surface area (Å²) in [5.41, 5.74) is 1.12. The third kappa shape index (κ3) is 2.93. The predicted octanol–water partition coefficient (Wildman–Crippen LogP) is 1.81. The van der Waals surface area contributed by atoms with Crippen molar-refractivity contribution < 1.29 is 14.3 Å². The lowest BCUT2D eigenvalue weighted by molar-refractivity contribution is -0.153. The average Bonchev–Trinajstić information content (AvgIpc) is 3.27. The predicted molar refractivity (Wildman–Crippen MR) is 89.1 cm³/mol. The van der Waals surface area contributed by atoms with Gasteiger partial charge in [-0.15, -0.1) is 0 Å². The molecule has 2 saturated heterocycles. The highest BCUT2D eigenvalue weighted by atomic mass is 16.5. The zero-order valence-electron chi connectivity index (χ0n) is 13.9. The topological polar surface area (TPSA) is 49.9 Å². The number of rotatable bonds is 3. The van der Waals surface area contributed by atoms with Gasteiger partial charge >= 0.3 is 0 Å². The summed E-state index contributed by atoms with van der Waals surface area (Å²) >= 11 is 0. The summed E-state index contributed by atoms with van der Waals surface area (Å²) in [6.07, 6.45) is 4.30. The summed E-state index contributed by atoms with van der Waals surface area (Å²) in [5.74, 6) is 0.469. The third-order valence-electron chi connectivity index (χ3n) is 5.59. The van der Waals surface area contributed by atoms with Crippen molar-refractivity contribution in [2.75, 3.05) is 19.7 Å². The molecule has 0 aromatic heterocycles. The van der Waals surface area contributed by atoms with Crippen LogP contribution in [0.15, 0.2) is 30.3 Å². The Morgan fingerprint density at radius 1 is 1.12 bits per heavy atom. The number of morpholine rings is 1. The van der Waals surface area contributed by atoms with Crippen molar-refractivity contribution >= 4 is 11.8 Å². The molecule has 5 heteroatoms. The fourth-order valence-corrected chi connectivity index (χ4v) is 4.26. The first-order valence-electron chi connectivity index (χ1n) is 8.96. The van der Waals surface area contributed by atoms with Crippen LogP contribution in [-0.4, -0.2) is 53.5 Å². The first kappa shape index (κ1) is 15.6. The van der Waals surface area contributed by atoms with Crippen LogP contribution in [0.2, 0.25) is 0 Å². The summed E-state index contributed by atoms with van der Waals surface area (Å²) in [4.78, 5) is 28.9. The summed E-state index contributed by atoms with van der Waals surface area (Å²) in [6, 6.07) is 10.0. The second-order valence-corrected chi connectivity index (χ2v) is 7.15. The first-order valence-corrected chi connectivity index (χ1v) is 8.96. The molecule has 1 aromatic carbocycles. The van der Waals surface area contributed by atoms with E-state index in [9.17, 15) is 9.59 Å². The van der Waals surface area contributed by atoms with Gasteiger partial charge in [0.1, 0.15) is 6.61 Å². The van der Waals surface area contributed by atoms with Crippen molar-refractivity contribution in [3.05, 3.63) is 35.9 Å². The molecule has 0 bridgehead atoms. The Hall–Kier alpha value is -1.88. The van der Waals surface area contributed by atoms with Crippen molar-refractivity contribution in [1.82, 2.24) is 9.80 Å². The van der Waals surface area contributed by atoms with Gasteiger partial charge in [-0.1, -0.05) is 43.2 Å². The molecule has 4 rings (SSSR count). The van der Waals surface area contributed by atoms with E-state index in [1.54, 1.807) is 0 Å². The van der Waals surface area contributed by atoms with Gasteiger partial charge in [0.2, 0.25) is 11.8 Å². The van der Waals surface area contributed by atoms with Gasteiger partial charge < -0.3 is 14.5 Å². The number of likely N-dealkylation sites (tertiary alicyclic amines) is 1. The maximum absolute atomic E-state index is 12.7. The highest BCUT2D eigenvalue weighted by molar-refractivity contribution is 5.81. The smallest absolute Gasteiger partial charge is 0.249 e. The van der Waals surface area contributed by atoms with Gasteiger partial charge in [0.05, 0.1) is 12.1 Å². The molecular weight excluding hydrogens is 304 g/mol. The Morgan fingerprint density at radius 3 is 2.62 bits per heavy atom. The van der Waals surface area contributed by atoms with Crippen molar-refractivity contribution in [2.24, 2.45) is 5.92 Å². The van der Waals surface area contributed by atoms with E-state index >= 15 is 0 Å². The van der Waals surface area contributed by atoms with Gasteiger partial charge in [-0.2, -0.15) is 0 Å². The van der Waals surface area contributed by atoms with E-state index in [1.807, 2.05) is 40.1 Å². The van der Waals surface area contributed by atoms with Crippen molar-refractivity contribution in [3.8, 4) is 0 Å². The van der Waals surface area contributed by atoms with Gasteiger partial charge in [-0.05, 0) is 18.4 Å². The van der Waals surface area contributed by atoms with Crippen LogP contribution in [0.1, 0.15) is 31.2 Å². The fraction of sp³-hybridized carbons (Fsp3) is 0.579. The number of hydrogen-bond acceptors (Lipinski definition) is 3. The summed E-state index contributed by atoms with van der Waals surface area (Å²) in [7, 11) is 0. The highest BCUT2D eigenvalue weighted by Crippen LogP contribution is 2.31.